The molecule has 0 aliphatic carbocycles. The van der Waals surface area contributed by atoms with Crippen LogP contribution in [0.4, 0.5) is 10.5 Å². The Kier molecular flexibility index (Phi) is 7.08. The van der Waals surface area contributed by atoms with Crippen LogP contribution in [0.5, 0.6) is 5.75 Å². The van der Waals surface area contributed by atoms with Gasteiger partial charge in [0, 0.05) is 13.6 Å². The molecule has 0 heterocycles. The van der Waals surface area contributed by atoms with Gasteiger partial charge in [-0.3, -0.25) is 0 Å². The molecule has 6 nitrogen and oxygen atoms in total. The van der Waals surface area contributed by atoms with Crippen molar-refractivity contribution in [3.05, 3.63) is 24.3 Å². The summed E-state index contributed by atoms with van der Waals surface area (Å²) in [6.07, 6.45) is 3.13. The van der Waals surface area contributed by atoms with Crippen LogP contribution in [0.1, 0.15) is 26.2 Å². The number of carbonyl (C=O) groups excluding carboxylic acids is 1. The number of carbonyl (C=O) groups is 2. The third kappa shape index (κ3) is 6.16. The summed E-state index contributed by atoms with van der Waals surface area (Å²) >= 11 is 0. The number of aliphatic carboxylic acids is 1. The van der Waals surface area contributed by atoms with Gasteiger partial charge in [-0.2, -0.15) is 0 Å². The monoisotopic (exact) mass is 294 g/mol. The molecule has 0 bridgehead atoms. The SMILES string of the molecule is CCCCCN(C)C(=O)Nc1ccccc1OCC(=O)O. The number of nitrogens with zero attached hydrogens (tertiary/aromatic N) is 1. The maximum atomic E-state index is 12.0. The minimum Gasteiger partial charge on any atom is -0.480 e. The van der Waals surface area contributed by atoms with Crippen LogP contribution in [0.2, 0.25) is 0 Å². The van der Waals surface area contributed by atoms with E-state index in [0.29, 0.717) is 18.0 Å². The van der Waals surface area contributed by atoms with Gasteiger partial charge in [0.15, 0.2) is 6.61 Å². The predicted octanol–water partition coefficient (Wildman–Crippen LogP) is 2.80. The first-order valence-corrected chi connectivity index (χ1v) is 7.00. The standard InChI is InChI=1S/C15H22N2O4/c1-3-4-7-10-17(2)15(20)16-12-8-5-6-9-13(12)21-11-14(18)19/h5-6,8-9H,3-4,7,10-11H2,1-2H3,(H,16,20)(H,18,19). The number of nitrogens with one attached hydrogen (secondary N) is 1. The Balaban J connectivity index is 2.60. The first-order valence-electron chi connectivity index (χ1n) is 7.00. The molecule has 6 heteroatoms. The first-order chi connectivity index (χ1) is 10.0. The van der Waals surface area contributed by atoms with Crippen LogP contribution in [0, 0.1) is 0 Å². The van der Waals surface area contributed by atoms with Crippen LogP contribution < -0.4 is 10.1 Å². The quantitative estimate of drug-likeness (QED) is 0.723. The fourth-order valence-corrected chi connectivity index (χ4v) is 1.75. The highest BCUT2D eigenvalue weighted by atomic mass is 16.5. The molecule has 0 unspecified atom stereocenters. The molecule has 0 saturated heterocycles. The van der Waals surface area contributed by atoms with E-state index in [1.54, 1.807) is 36.2 Å². The molecule has 1 aromatic carbocycles. The van der Waals surface area contributed by atoms with E-state index in [1.165, 1.54) is 0 Å². The third-order valence-electron chi connectivity index (χ3n) is 2.92. The Morgan fingerprint density at radius 1 is 1.29 bits per heavy atom. The Labute approximate surface area is 124 Å². The van der Waals surface area contributed by atoms with Crippen LogP contribution in [0.25, 0.3) is 0 Å². The smallest absolute Gasteiger partial charge is 0.341 e. The van der Waals surface area contributed by atoms with Crippen molar-refractivity contribution in [3.8, 4) is 5.75 Å². The van der Waals surface area contributed by atoms with Crippen molar-refractivity contribution in [2.24, 2.45) is 0 Å². The zero-order valence-electron chi connectivity index (χ0n) is 12.5. The highest BCUT2D eigenvalue weighted by Gasteiger charge is 2.12. The highest BCUT2D eigenvalue weighted by Crippen LogP contribution is 2.23. The van der Waals surface area contributed by atoms with Gasteiger partial charge < -0.3 is 20.1 Å². The third-order valence-corrected chi connectivity index (χ3v) is 2.92. The molecule has 1 aromatic rings. The number of ether oxygens (including phenoxy) is 1. The zero-order valence-corrected chi connectivity index (χ0v) is 12.5. The molecule has 2 amide bonds. The molecule has 0 radical (unpaired) electrons. The van der Waals surface area contributed by atoms with Crippen LogP contribution in [0.15, 0.2) is 24.3 Å². The molecule has 0 aromatic heterocycles. The van der Waals surface area contributed by atoms with E-state index in [-0.39, 0.29) is 6.03 Å². The lowest BCUT2D eigenvalue weighted by Crippen LogP contribution is -2.32. The molecular formula is C15H22N2O4. The fourth-order valence-electron chi connectivity index (χ4n) is 1.75. The number of para-hydroxylation sites is 2. The van der Waals surface area contributed by atoms with Gasteiger partial charge >= 0.3 is 12.0 Å². The molecule has 0 fully saturated rings. The number of anilines is 1. The summed E-state index contributed by atoms with van der Waals surface area (Å²) in [5.41, 5.74) is 0.464. The number of carboxylic acids is 1. The van der Waals surface area contributed by atoms with Crippen LogP contribution >= 0.6 is 0 Å². The first kappa shape index (κ1) is 16.8. The van der Waals surface area contributed by atoms with Crippen molar-refractivity contribution >= 4 is 17.7 Å². The molecule has 0 atom stereocenters. The van der Waals surface area contributed by atoms with E-state index >= 15 is 0 Å². The maximum Gasteiger partial charge on any atom is 0.341 e. The van der Waals surface area contributed by atoms with Crippen molar-refractivity contribution in [2.75, 3.05) is 25.5 Å². The van der Waals surface area contributed by atoms with E-state index in [0.717, 1.165) is 19.3 Å². The van der Waals surface area contributed by atoms with Gasteiger partial charge in [0.05, 0.1) is 5.69 Å². The van der Waals surface area contributed by atoms with Crippen LogP contribution in [-0.4, -0.2) is 42.2 Å². The molecular weight excluding hydrogens is 272 g/mol. The van der Waals surface area contributed by atoms with Crippen molar-refractivity contribution in [1.29, 1.82) is 0 Å². The number of carboxylic acid groups (broad SMARTS) is 1. The second kappa shape index (κ2) is 8.84. The lowest BCUT2D eigenvalue weighted by molar-refractivity contribution is -0.139. The second-order valence-electron chi connectivity index (χ2n) is 4.74. The van der Waals surface area contributed by atoms with E-state index < -0.39 is 12.6 Å². The van der Waals surface area contributed by atoms with Gasteiger partial charge in [-0.25, -0.2) is 9.59 Å². The average molecular weight is 294 g/mol. The second-order valence-corrected chi connectivity index (χ2v) is 4.74. The molecule has 21 heavy (non-hydrogen) atoms. The number of rotatable bonds is 8. The minimum absolute atomic E-state index is 0.238. The van der Waals surface area contributed by atoms with Gasteiger partial charge in [0.1, 0.15) is 5.75 Å². The highest BCUT2D eigenvalue weighted by molar-refractivity contribution is 5.90. The Morgan fingerprint density at radius 3 is 2.67 bits per heavy atom. The molecule has 0 saturated carbocycles. The maximum absolute atomic E-state index is 12.0. The Bertz CT molecular complexity index is 476. The van der Waals surface area contributed by atoms with Gasteiger partial charge in [0.25, 0.3) is 0 Å². The summed E-state index contributed by atoms with van der Waals surface area (Å²) in [4.78, 5) is 24.2. The fraction of sp³-hybridized carbons (Fsp3) is 0.467. The summed E-state index contributed by atoms with van der Waals surface area (Å²) in [6, 6.07) is 6.53. The van der Waals surface area contributed by atoms with Gasteiger partial charge in [-0.1, -0.05) is 31.9 Å². The molecule has 0 aliphatic rings. The number of amides is 2. The average Bonchev–Trinajstić information content (AvgIpc) is 2.46. The largest absolute Gasteiger partial charge is 0.480 e. The van der Waals surface area contributed by atoms with Crippen LogP contribution in [0.3, 0.4) is 0 Å². The number of benzene rings is 1. The van der Waals surface area contributed by atoms with Crippen LogP contribution in [-0.2, 0) is 4.79 Å². The molecule has 0 spiro atoms. The van der Waals surface area contributed by atoms with Crippen molar-refractivity contribution in [2.45, 2.75) is 26.2 Å². The molecule has 2 N–H and O–H groups in total. The van der Waals surface area contributed by atoms with Crippen molar-refractivity contribution < 1.29 is 19.4 Å². The molecule has 1 rings (SSSR count). The number of hydrogen-bond donors (Lipinski definition) is 2. The summed E-state index contributed by atoms with van der Waals surface area (Å²) < 4.78 is 5.14. The molecule has 116 valence electrons. The van der Waals surface area contributed by atoms with E-state index in [4.69, 9.17) is 9.84 Å². The lowest BCUT2D eigenvalue weighted by atomic mass is 10.2. The summed E-state index contributed by atoms with van der Waals surface area (Å²) in [5.74, 6) is -0.719. The van der Waals surface area contributed by atoms with Crippen molar-refractivity contribution in [1.82, 2.24) is 4.90 Å². The van der Waals surface area contributed by atoms with Crippen molar-refractivity contribution in [3.63, 3.8) is 0 Å². The molecule has 0 aliphatic heterocycles. The topological polar surface area (TPSA) is 78.9 Å². The summed E-state index contributed by atoms with van der Waals surface area (Å²) in [6.45, 7) is 2.34. The zero-order chi connectivity index (χ0) is 15.7. The van der Waals surface area contributed by atoms with Gasteiger partial charge in [-0.15, -0.1) is 0 Å². The lowest BCUT2D eigenvalue weighted by Gasteiger charge is -2.19. The summed E-state index contributed by atoms with van der Waals surface area (Å²) in [5, 5.41) is 11.4. The number of hydrogen-bond acceptors (Lipinski definition) is 3. The normalized spacial score (nSPS) is 10.0. The number of unbranched alkanes of at least 4 members (excludes halogenated alkanes) is 2. The van der Waals surface area contributed by atoms with Gasteiger partial charge in [0.2, 0.25) is 0 Å². The Morgan fingerprint density at radius 2 is 2.00 bits per heavy atom. The van der Waals surface area contributed by atoms with E-state index in [1.807, 2.05) is 0 Å². The van der Waals surface area contributed by atoms with Gasteiger partial charge in [-0.05, 0) is 18.6 Å². The minimum atomic E-state index is -1.06. The Hall–Kier alpha value is -2.24. The predicted molar refractivity (Wildman–Crippen MR) is 80.7 cm³/mol. The van der Waals surface area contributed by atoms with E-state index in [2.05, 4.69) is 12.2 Å². The number of urea groups is 1. The van der Waals surface area contributed by atoms with E-state index in [9.17, 15) is 9.59 Å². The summed E-state index contributed by atoms with van der Waals surface area (Å²) in [7, 11) is 1.73.